The van der Waals surface area contributed by atoms with Gasteiger partial charge < -0.3 is 19.6 Å². The standard InChI is InChI=1S/C27H16F7N7OS/c1-41-20-5-3-14(42-15-6-7-35-19(10-15)23-36-12-22(40-23)27(32,33)34)9-18(20)39-25(41)38-13-2-4-16(17(8-13)26(29,30)31)21-11-37-24(28)43-21/h2-12H,1H3,(H,36,40)(H,38,39). The van der Waals surface area contributed by atoms with Gasteiger partial charge in [-0.2, -0.15) is 30.7 Å². The van der Waals surface area contributed by atoms with Crippen molar-refractivity contribution in [2.24, 2.45) is 7.05 Å². The number of nitrogens with one attached hydrogen (secondary N) is 2. The average Bonchev–Trinajstić information content (AvgIpc) is 3.68. The Kier molecular flexibility index (Phi) is 6.79. The number of hydrogen-bond acceptors (Lipinski definition) is 7. The van der Waals surface area contributed by atoms with E-state index >= 15 is 0 Å². The van der Waals surface area contributed by atoms with Gasteiger partial charge in [0.25, 0.3) is 5.26 Å². The van der Waals surface area contributed by atoms with Gasteiger partial charge in [-0.15, -0.1) is 0 Å². The fourth-order valence-corrected chi connectivity index (χ4v) is 4.95. The smallest absolute Gasteiger partial charge is 0.432 e. The number of alkyl halides is 6. The van der Waals surface area contributed by atoms with E-state index in [2.05, 4.69) is 30.2 Å². The monoisotopic (exact) mass is 619 g/mol. The van der Waals surface area contributed by atoms with Gasteiger partial charge in [0.2, 0.25) is 5.95 Å². The second-order valence-corrected chi connectivity index (χ2v) is 10.1. The van der Waals surface area contributed by atoms with Gasteiger partial charge in [0.05, 0.1) is 27.7 Å². The first-order chi connectivity index (χ1) is 20.3. The number of aromatic nitrogens is 6. The Labute approximate surface area is 240 Å². The van der Waals surface area contributed by atoms with Crippen LogP contribution < -0.4 is 10.1 Å². The summed E-state index contributed by atoms with van der Waals surface area (Å²) in [6, 6.07) is 11.4. The van der Waals surface area contributed by atoms with Gasteiger partial charge in [0.1, 0.15) is 22.9 Å². The number of anilines is 2. The van der Waals surface area contributed by atoms with Crippen LogP contribution in [-0.2, 0) is 19.4 Å². The number of halogens is 7. The van der Waals surface area contributed by atoms with Gasteiger partial charge >= 0.3 is 12.4 Å². The van der Waals surface area contributed by atoms with E-state index in [1.54, 1.807) is 29.8 Å². The Morgan fingerprint density at radius 1 is 0.884 bits per heavy atom. The minimum absolute atomic E-state index is 0.0446. The van der Waals surface area contributed by atoms with Crippen molar-refractivity contribution in [1.29, 1.82) is 0 Å². The van der Waals surface area contributed by atoms with E-state index in [0.29, 0.717) is 34.3 Å². The van der Waals surface area contributed by atoms with Crippen molar-refractivity contribution >= 4 is 34.0 Å². The topological polar surface area (TPSA) is 93.5 Å². The molecule has 8 nitrogen and oxygen atoms in total. The van der Waals surface area contributed by atoms with Crippen molar-refractivity contribution in [3.63, 3.8) is 0 Å². The predicted molar refractivity (Wildman–Crippen MR) is 143 cm³/mol. The number of H-pyrrole nitrogens is 1. The summed E-state index contributed by atoms with van der Waals surface area (Å²) in [5, 5.41) is 2.05. The van der Waals surface area contributed by atoms with Crippen LogP contribution in [0.4, 0.5) is 42.4 Å². The molecule has 2 aromatic carbocycles. The van der Waals surface area contributed by atoms with Gasteiger partial charge in [-0.05, 0) is 30.3 Å². The zero-order valence-electron chi connectivity index (χ0n) is 21.5. The molecule has 0 spiro atoms. The molecule has 43 heavy (non-hydrogen) atoms. The van der Waals surface area contributed by atoms with E-state index in [0.717, 1.165) is 12.3 Å². The molecule has 6 aromatic rings. The second kappa shape index (κ2) is 10.4. The molecule has 0 saturated carbocycles. The van der Waals surface area contributed by atoms with Crippen molar-refractivity contribution in [2.45, 2.75) is 12.4 Å². The Morgan fingerprint density at radius 2 is 1.67 bits per heavy atom. The van der Waals surface area contributed by atoms with Crippen LogP contribution in [0.15, 0.2) is 67.1 Å². The van der Waals surface area contributed by atoms with Gasteiger partial charge in [-0.3, -0.25) is 4.98 Å². The van der Waals surface area contributed by atoms with Gasteiger partial charge in [0, 0.05) is 42.8 Å². The van der Waals surface area contributed by atoms with E-state index in [1.165, 1.54) is 30.5 Å². The molecule has 0 atom stereocenters. The number of rotatable bonds is 6. The van der Waals surface area contributed by atoms with Crippen molar-refractivity contribution in [1.82, 2.24) is 29.5 Å². The van der Waals surface area contributed by atoms with Crippen molar-refractivity contribution in [3.05, 3.63) is 83.6 Å². The summed E-state index contributed by atoms with van der Waals surface area (Å²) in [5.41, 5.74) is -0.856. The van der Waals surface area contributed by atoms with E-state index in [1.807, 2.05) is 0 Å². The Bertz CT molecular complexity index is 1960. The number of fused-ring (bicyclic) bond motifs is 1. The number of pyridine rings is 1. The van der Waals surface area contributed by atoms with Crippen LogP contribution in [0.5, 0.6) is 11.5 Å². The number of hydrogen-bond donors (Lipinski definition) is 2. The van der Waals surface area contributed by atoms with Crippen LogP contribution in [0.1, 0.15) is 11.3 Å². The number of imidazole rings is 2. The highest BCUT2D eigenvalue weighted by Crippen LogP contribution is 2.41. The van der Waals surface area contributed by atoms with E-state index in [-0.39, 0.29) is 39.3 Å². The number of aryl methyl sites for hydroxylation is 1. The number of nitrogens with zero attached hydrogens (tertiary/aromatic N) is 5. The predicted octanol–water partition coefficient (Wildman–Crippen LogP) is 8.19. The van der Waals surface area contributed by atoms with Crippen molar-refractivity contribution in [3.8, 4) is 33.5 Å². The molecular formula is C27H16F7N7OS. The average molecular weight is 620 g/mol. The summed E-state index contributed by atoms with van der Waals surface area (Å²) >= 11 is 0.514. The molecule has 2 N–H and O–H groups in total. The Hall–Kier alpha value is -4.99. The zero-order chi connectivity index (χ0) is 30.5. The largest absolute Gasteiger partial charge is 0.457 e. The molecule has 0 fully saturated rings. The number of ether oxygens (including phenoxy) is 1. The summed E-state index contributed by atoms with van der Waals surface area (Å²) in [6.45, 7) is 0. The van der Waals surface area contributed by atoms with Crippen LogP contribution in [0, 0.1) is 5.26 Å². The van der Waals surface area contributed by atoms with Crippen LogP contribution in [-0.4, -0.2) is 29.5 Å². The van der Waals surface area contributed by atoms with Crippen LogP contribution >= 0.6 is 11.3 Å². The minimum Gasteiger partial charge on any atom is -0.457 e. The van der Waals surface area contributed by atoms with Gasteiger partial charge in [-0.25, -0.2) is 15.0 Å². The normalized spacial score (nSPS) is 12.2. The third-order valence-corrected chi connectivity index (χ3v) is 7.09. The van der Waals surface area contributed by atoms with E-state index < -0.39 is 28.9 Å². The second-order valence-electron chi connectivity index (χ2n) is 9.13. The molecule has 0 bridgehead atoms. The molecule has 4 aromatic heterocycles. The summed E-state index contributed by atoms with van der Waals surface area (Å²) in [4.78, 5) is 17.9. The molecule has 0 amide bonds. The molecule has 0 radical (unpaired) electrons. The molecule has 0 aliphatic rings. The number of benzene rings is 2. The van der Waals surface area contributed by atoms with Crippen LogP contribution in [0.3, 0.4) is 0 Å². The molecule has 16 heteroatoms. The lowest BCUT2D eigenvalue weighted by Gasteiger charge is -2.14. The fraction of sp³-hybridized carbons (Fsp3) is 0.111. The summed E-state index contributed by atoms with van der Waals surface area (Å²) in [6.07, 6.45) is -6.22. The maximum Gasteiger partial charge on any atom is 0.432 e. The first kappa shape index (κ1) is 28.1. The first-order valence-corrected chi connectivity index (χ1v) is 13.0. The molecule has 0 aliphatic carbocycles. The molecular weight excluding hydrogens is 603 g/mol. The Morgan fingerprint density at radius 3 is 2.37 bits per heavy atom. The van der Waals surface area contributed by atoms with E-state index in [9.17, 15) is 30.7 Å². The number of aromatic amines is 1. The summed E-state index contributed by atoms with van der Waals surface area (Å²) < 4.78 is 101. The summed E-state index contributed by atoms with van der Waals surface area (Å²) in [5.74, 6) is 0.755. The molecule has 0 unspecified atom stereocenters. The van der Waals surface area contributed by atoms with Crippen LogP contribution in [0.25, 0.3) is 33.0 Å². The zero-order valence-corrected chi connectivity index (χ0v) is 22.4. The molecule has 0 aliphatic heterocycles. The molecule has 6 rings (SSSR count). The third kappa shape index (κ3) is 5.73. The van der Waals surface area contributed by atoms with Crippen molar-refractivity contribution in [2.75, 3.05) is 5.32 Å². The first-order valence-electron chi connectivity index (χ1n) is 12.2. The highest BCUT2D eigenvalue weighted by Gasteiger charge is 2.35. The molecule has 0 saturated heterocycles. The van der Waals surface area contributed by atoms with Gasteiger partial charge in [-0.1, -0.05) is 17.4 Å². The Balaban J connectivity index is 1.25. The SMILES string of the molecule is Cn1c(Nc2ccc(-c3cnc(F)s3)c(C(F)(F)F)c2)nc2cc(Oc3ccnc(-c4ncc(C(F)(F)F)[nH]4)c3)ccc21. The lowest BCUT2D eigenvalue weighted by atomic mass is 10.0. The van der Waals surface area contributed by atoms with Gasteiger partial charge in [0.15, 0.2) is 5.82 Å². The number of thiazole rings is 1. The lowest BCUT2D eigenvalue weighted by Crippen LogP contribution is -2.08. The van der Waals surface area contributed by atoms with Crippen LogP contribution in [0.2, 0.25) is 0 Å². The maximum absolute atomic E-state index is 13.9. The third-order valence-electron chi connectivity index (χ3n) is 6.27. The minimum atomic E-state index is -4.71. The maximum atomic E-state index is 13.9. The van der Waals surface area contributed by atoms with Crippen molar-refractivity contribution < 1.29 is 35.5 Å². The van der Waals surface area contributed by atoms with E-state index in [4.69, 9.17) is 4.74 Å². The molecule has 220 valence electrons. The fourth-order valence-electron chi connectivity index (χ4n) is 4.27. The highest BCUT2D eigenvalue weighted by molar-refractivity contribution is 7.13. The summed E-state index contributed by atoms with van der Waals surface area (Å²) in [7, 11) is 1.67. The quantitative estimate of drug-likeness (QED) is 0.183. The molecule has 4 heterocycles. The lowest BCUT2D eigenvalue weighted by molar-refractivity contribution is -0.141. The highest BCUT2D eigenvalue weighted by atomic mass is 32.1.